The molecular formula is C43H41F3N2O4. The number of halogens is 3. The molecular weight excluding hydrogens is 665 g/mol. The molecule has 2 N–H and O–H groups in total. The van der Waals surface area contributed by atoms with Gasteiger partial charge in [-0.3, -0.25) is 9.69 Å². The number of nitrogens with zero attached hydrogens (tertiary/aromatic N) is 2. The van der Waals surface area contributed by atoms with E-state index < -0.39 is 34.9 Å². The van der Waals surface area contributed by atoms with Gasteiger partial charge >= 0.3 is 6.18 Å². The maximum absolute atomic E-state index is 14.7. The van der Waals surface area contributed by atoms with Crippen LogP contribution in [0.2, 0.25) is 0 Å². The number of aromatic hydroxyl groups is 1. The Bertz CT molecular complexity index is 1980. The predicted molar refractivity (Wildman–Crippen MR) is 193 cm³/mol. The lowest BCUT2D eigenvalue weighted by Crippen LogP contribution is -2.78. The normalized spacial score (nSPS) is 26.2. The number of hydrogen-bond acceptors (Lipinski definition) is 5. The van der Waals surface area contributed by atoms with Gasteiger partial charge in [-0.1, -0.05) is 84.9 Å². The molecule has 2 heterocycles. The first-order chi connectivity index (χ1) is 25.0. The van der Waals surface area contributed by atoms with E-state index >= 15 is 0 Å². The zero-order valence-corrected chi connectivity index (χ0v) is 28.7. The predicted octanol–water partition coefficient (Wildman–Crippen LogP) is 7.49. The molecule has 1 spiro atoms. The molecule has 1 amide bonds. The minimum absolute atomic E-state index is 0.00404. The van der Waals surface area contributed by atoms with E-state index in [1.165, 1.54) is 18.2 Å². The molecule has 4 aromatic carbocycles. The van der Waals surface area contributed by atoms with Gasteiger partial charge in [-0.2, -0.15) is 13.2 Å². The van der Waals surface area contributed by atoms with Gasteiger partial charge in [0.25, 0.3) is 0 Å². The fourth-order valence-electron chi connectivity index (χ4n) is 9.75. The van der Waals surface area contributed by atoms with Crippen molar-refractivity contribution in [2.45, 2.75) is 67.0 Å². The molecule has 8 rings (SSSR count). The van der Waals surface area contributed by atoms with E-state index in [-0.39, 0.29) is 35.7 Å². The second kappa shape index (κ2) is 13.0. The summed E-state index contributed by atoms with van der Waals surface area (Å²) in [7, 11) is 0. The van der Waals surface area contributed by atoms with Gasteiger partial charge in [0, 0.05) is 36.7 Å². The van der Waals surface area contributed by atoms with Crippen LogP contribution in [0.1, 0.15) is 58.6 Å². The van der Waals surface area contributed by atoms with Crippen LogP contribution in [0.4, 0.5) is 13.2 Å². The number of ether oxygens (including phenoxy) is 1. The smallest absolute Gasteiger partial charge is 0.416 e. The van der Waals surface area contributed by atoms with Crippen LogP contribution in [0.5, 0.6) is 11.5 Å². The summed E-state index contributed by atoms with van der Waals surface area (Å²) in [6.45, 7) is 5.52. The number of hydrogen-bond donors (Lipinski definition) is 2. The van der Waals surface area contributed by atoms with E-state index in [9.17, 15) is 28.2 Å². The van der Waals surface area contributed by atoms with Gasteiger partial charge in [0.2, 0.25) is 5.91 Å². The molecule has 2 aliphatic carbocycles. The molecule has 2 aliphatic heterocycles. The first kappa shape index (κ1) is 34.2. The van der Waals surface area contributed by atoms with E-state index in [0.717, 1.165) is 34.4 Å². The summed E-state index contributed by atoms with van der Waals surface area (Å²) in [5.41, 5.74) is 1.25. The lowest BCUT2D eigenvalue weighted by molar-refractivity contribution is -0.199. The summed E-state index contributed by atoms with van der Waals surface area (Å²) in [5, 5.41) is 24.2. The summed E-state index contributed by atoms with van der Waals surface area (Å²) in [6.07, 6.45) is 1.41. The zero-order valence-electron chi connectivity index (χ0n) is 28.7. The van der Waals surface area contributed by atoms with Crippen molar-refractivity contribution < 1.29 is 32.9 Å². The van der Waals surface area contributed by atoms with Crippen molar-refractivity contribution in [3.63, 3.8) is 0 Å². The van der Waals surface area contributed by atoms with E-state index in [1.54, 1.807) is 17.0 Å². The van der Waals surface area contributed by atoms with Crippen LogP contribution in [0.25, 0.3) is 6.08 Å². The van der Waals surface area contributed by atoms with Crippen molar-refractivity contribution in [3.05, 3.63) is 149 Å². The number of carbonyl (C=O) groups excluding carboxylic acids is 1. The van der Waals surface area contributed by atoms with Crippen LogP contribution in [-0.4, -0.2) is 69.3 Å². The topological polar surface area (TPSA) is 73.2 Å². The third-order valence-corrected chi connectivity index (χ3v) is 12.0. The fourth-order valence-corrected chi connectivity index (χ4v) is 9.75. The number of amides is 1. The first-order valence-electron chi connectivity index (χ1n) is 17.9. The number of piperidine rings is 1. The highest BCUT2D eigenvalue weighted by Gasteiger charge is 2.73. The van der Waals surface area contributed by atoms with Crippen molar-refractivity contribution in [3.8, 4) is 11.5 Å². The highest BCUT2D eigenvalue weighted by molar-refractivity contribution is 5.92. The van der Waals surface area contributed by atoms with E-state index in [2.05, 4.69) is 11.5 Å². The third kappa shape index (κ3) is 5.44. The Morgan fingerprint density at radius 3 is 2.38 bits per heavy atom. The van der Waals surface area contributed by atoms with Crippen LogP contribution in [0.15, 0.2) is 116 Å². The molecule has 4 aromatic rings. The maximum Gasteiger partial charge on any atom is 0.416 e. The molecule has 4 aliphatic rings. The summed E-state index contributed by atoms with van der Waals surface area (Å²) >= 11 is 0. The number of aliphatic hydroxyl groups is 1. The Morgan fingerprint density at radius 1 is 1.00 bits per heavy atom. The van der Waals surface area contributed by atoms with Gasteiger partial charge in [-0.15, -0.1) is 6.58 Å². The number of phenols is 1. The number of carbonyl (C=O) groups is 1. The Labute approximate surface area is 301 Å². The molecule has 1 saturated heterocycles. The summed E-state index contributed by atoms with van der Waals surface area (Å²) in [4.78, 5) is 18.8. The Balaban J connectivity index is 1.24. The summed E-state index contributed by atoms with van der Waals surface area (Å²) < 4.78 is 47.6. The van der Waals surface area contributed by atoms with Gasteiger partial charge in [0.1, 0.15) is 6.10 Å². The SMILES string of the molecule is C=CCN1CC[C@]23c4c5ccc(O)c4OC2C(N(CC(c2ccccc2)c2ccccc2)C(=O)/C=C/c2cccc(C(F)(F)F)c2)CC[C@@]3(O)[C@H]1C5. The minimum atomic E-state index is -4.52. The van der Waals surface area contributed by atoms with Crippen LogP contribution in [-0.2, 0) is 22.8 Å². The van der Waals surface area contributed by atoms with E-state index in [0.29, 0.717) is 44.5 Å². The van der Waals surface area contributed by atoms with Crippen molar-refractivity contribution in [2.24, 2.45) is 0 Å². The summed E-state index contributed by atoms with van der Waals surface area (Å²) in [6, 6.07) is 27.6. The van der Waals surface area contributed by atoms with Gasteiger partial charge in [0.15, 0.2) is 11.5 Å². The number of benzene rings is 4. The summed E-state index contributed by atoms with van der Waals surface area (Å²) in [5.74, 6) is -0.239. The average Bonchev–Trinajstić information content (AvgIpc) is 3.50. The Morgan fingerprint density at radius 2 is 1.71 bits per heavy atom. The van der Waals surface area contributed by atoms with Crippen molar-refractivity contribution in [1.29, 1.82) is 0 Å². The van der Waals surface area contributed by atoms with Gasteiger partial charge in [-0.05, 0) is 78.8 Å². The highest BCUT2D eigenvalue weighted by atomic mass is 19.4. The largest absolute Gasteiger partial charge is 0.504 e. The molecule has 6 nitrogen and oxygen atoms in total. The zero-order chi connectivity index (χ0) is 36.3. The van der Waals surface area contributed by atoms with Gasteiger partial charge < -0.3 is 19.8 Å². The third-order valence-electron chi connectivity index (χ3n) is 12.0. The number of likely N-dealkylation sites (tertiary alicyclic amines) is 1. The molecule has 0 aromatic heterocycles. The van der Waals surface area contributed by atoms with Crippen molar-refractivity contribution in [1.82, 2.24) is 9.80 Å². The standard InChI is InChI=1S/C43H41F3N2O4/c1-2-23-47-24-22-41-38-31-17-18-35(49)39(38)52-40(41)34(20-21-42(41,51)36(47)26-31)48(37(50)19-16-28-10-9-15-32(25-28)43(44,45)46)27-33(29-11-5-3-6-12-29)30-13-7-4-8-14-30/h2-19,25,33-34,36,40,49,51H,1,20-24,26-27H2/b19-16+/t34?,36-,40?,41+,42-/m1/s1. The number of alkyl halides is 3. The molecule has 1 saturated carbocycles. The van der Waals surface area contributed by atoms with Crippen molar-refractivity contribution in [2.75, 3.05) is 19.6 Å². The second-order valence-corrected chi connectivity index (χ2v) is 14.6. The van der Waals surface area contributed by atoms with Gasteiger partial charge in [-0.25, -0.2) is 0 Å². The molecule has 5 atom stereocenters. The molecule has 52 heavy (non-hydrogen) atoms. The van der Waals surface area contributed by atoms with Gasteiger partial charge in [0.05, 0.1) is 22.6 Å². The lowest BCUT2D eigenvalue weighted by atomic mass is 9.48. The van der Waals surface area contributed by atoms with E-state index in [4.69, 9.17) is 4.74 Å². The Hall–Kier alpha value is -4.86. The van der Waals surface area contributed by atoms with Crippen LogP contribution in [0, 0.1) is 0 Å². The monoisotopic (exact) mass is 706 g/mol. The van der Waals surface area contributed by atoms with Crippen molar-refractivity contribution >= 4 is 12.0 Å². The van der Waals surface area contributed by atoms with Crippen LogP contribution < -0.4 is 4.74 Å². The highest BCUT2D eigenvalue weighted by Crippen LogP contribution is 2.66. The molecule has 0 radical (unpaired) electrons. The van der Waals surface area contributed by atoms with E-state index in [1.807, 2.05) is 72.8 Å². The Kier molecular flexibility index (Phi) is 8.54. The molecule has 268 valence electrons. The molecule has 2 bridgehead atoms. The quantitative estimate of drug-likeness (QED) is 0.139. The fraction of sp³-hybridized carbons (Fsp3) is 0.326. The average molecular weight is 707 g/mol. The number of phenolic OH excluding ortho intramolecular Hbond substituents is 1. The first-order valence-corrected chi connectivity index (χ1v) is 17.9. The minimum Gasteiger partial charge on any atom is -0.504 e. The number of rotatable bonds is 9. The maximum atomic E-state index is 14.7. The van der Waals surface area contributed by atoms with Crippen LogP contribution >= 0.6 is 0 Å². The molecule has 2 unspecified atom stereocenters. The lowest BCUT2D eigenvalue weighted by Gasteiger charge is -2.64. The van der Waals surface area contributed by atoms with Crippen LogP contribution in [0.3, 0.4) is 0 Å². The second-order valence-electron chi connectivity index (χ2n) is 14.6. The molecule has 2 fully saturated rings. The molecule has 9 heteroatoms.